The molecule has 1 rings (SSSR count). The Morgan fingerprint density at radius 1 is 1.69 bits per heavy atom. The predicted molar refractivity (Wildman–Crippen MR) is 59.3 cm³/mol. The van der Waals surface area contributed by atoms with E-state index in [1.807, 2.05) is 0 Å². The summed E-state index contributed by atoms with van der Waals surface area (Å²) in [5.41, 5.74) is 5.22. The van der Waals surface area contributed by atoms with Crippen LogP contribution in [0.3, 0.4) is 0 Å². The van der Waals surface area contributed by atoms with Gasteiger partial charge in [-0.1, -0.05) is 6.08 Å². The maximum atomic E-state index is 11.7. The van der Waals surface area contributed by atoms with E-state index in [1.165, 1.54) is 22.9 Å². The van der Waals surface area contributed by atoms with Crippen LogP contribution in [0.2, 0.25) is 0 Å². The van der Waals surface area contributed by atoms with Gasteiger partial charge >= 0.3 is 0 Å². The van der Waals surface area contributed by atoms with Gasteiger partial charge in [0.05, 0.1) is 0 Å². The zero-order chi connectivity index (χ0) is 12.3. The normalized spacial score (nSPS) is 11.3. The van der Waals surface area contributed by atoms with Gasteiger partial charge in [-0.3, -0.25) is 4.79 Å². The van der Waals surface area contributed by atoms with E-state index in [0.717, 1.165) is 0 Å². The zero-order valence-electron chi connectivity index (χ0n) is 8.80. The molecule has 0 fully saturated rings. The smallest absolute Gasteiger partial charge is 0.265 e. The number of primary amides is 1. The highest BCUT2D eigenvalue weighted by atomic mass is 32.2. The molecule has 16 heavy (non-hydrogen) atoms. The third kappa shape index (κ3) is 2.50. The van der Waals surface area contributed by atoms with Crippen molar-refractivity contribution in [1.82, 2.24) is 9.29 Å². The Balaban J connectivity index is 3.10. The largest absolute Gasteiger partial charge is 0.364 e. The number of carbonyl (C=O) groups is 1. The van der Waals surface area contributed by atoms with Gasteiger partial charge in [0.2, 0.25) is 10.0 Å². The number of sulfonamides is 1. The second-order valence-electron chi connectivity index (χ2n) is 3.18. The topological polar surface area (TPSA) is 94.2 Å². The lowest BCUT2D eigenvalue weighted by Crippen LogP contribution is -2.23. The summed E-state index contributed by atoms with van der Waals surface area (Å²) < 4.78 is 27.0. The Morgan fingerprint density at radius 2 is 2.31 bits per heavy atom. The lowest BCUT2D eigenvalue weighted by molar-refractivity contribution is 0.0992. The van der Waals surface area contributed by atoms with Gasteiger partial charge in [0.1, 0.15) is 10.6 Å². The fourth-order valence-electron chi connectivity index (χ4n) is 1.18. The second-order valence-corrected chi connectivity index (χ2v) is 4.94. The van der Waals surface area contributed by atoms with Crippen molar-refractivity contribution >= 4 is 15.9 Å². The summed E-state index contributed by atoms with van der Waals surface area (Å²) in [4.78, 5) is 11.0. The van der Waals surface area contributed by atoms with Crippen LogP contribution in [-0.4, -0.2) is 25.4 Å². The number of hydrogen-bond acceptors (Lipinski definition) is 3. The van der Waals surface area contributed by atoms with Crippen molar-refractivity contribution in [2.24, 2.45) is 12.8 Å². The molecule has 0 unspecified atom stereocenters. The summed E-state index contributed by atoms with van der Waals surface area (Å²) in [6.07, 6.45) is 2.75. The number of nitrogens with one attached hydrogen (secondary N) is 1. The van der Waals surface area contributed by atoms with Gasteiger partial charge in [0.25, 0.3) is 5.91 Å². The Labute approximate surface area is 93.8 Å². The molecule has 0 atom stereocenters. The molecule has 1 heterocycles. The van der Waals surface area contributed by atoms with Crippen molar-refractivity contribution in [3.63, 3.8) is 0 Å². The van der Waals surface area contributed by atoms with Crippen LogP contribution in [-0.2, 0) is 17.1 Å². The van der Waals surface area contributed by atoms with Crippen LogP contribution in [0, 0.1) is 0 Å². The fourth-order valence-corrected chi connectivity index (χ4v) is 2.25. The molecule has 0 aliphatic carbocycles. The lowest BCUT2D eigenvalue weighted by Gasteiger charge is -2.00. The van der Waals surface area contributed by atoms with Crippen LogP contribution in [0.4, 0.5) is 0 Å². The summed E-state index contributed by atoms with van der Waals surface area (Å²) in [6.45, 7) is 3.53. The van der Waals surface area contributed by atoms with E-state index in [4.69, 9.17) is 5.73 Å². The third-order valence-corrected chi connectivity index (χ3v) is 3.35. The minimum absolute atomic E-state index is 0.00523. The predicted octanol–water partition coefficient (Wildman–Crippen LogP) is -0.412. The highest BCUT2D eigenvalue weighted by Gasteiger charge is 2.18. The van der Waals surface area contributed by atoms with E-state index in [9.17, 15) is 13.2 Å². The number of rotatable bonds is 5. The summed E-state index contributed by atoms with van der Waals surface area (Å²) >= 11 is 0. The molecule has 1 aromatic rings. The maximum Gasteiger partial charge on any atom is 0.265 e. The fraction of sp³-hybridized carbons (Fsp3) is 0.222. The molecular formula is C9H13N3O3S. The number of aryl methyl sites for hydroxylation is 1. The van der Waals surface area contributed by atoms with E-state index in [-0.39, 0.29) is 17.1 Å². The zero-order valence-corrected chi connectivity index (χ0v) is 9.62. The number of carbonyl (C=O) groups excluding carboxylic acids is 1. The molecular weight excluding hydrogens is 230 g/mol. The molecule has 0 saturated heterocycles. The minimum atomic E-state index is -3.61. The van der Waals surface area contributed by atoms with E-state index < -0.39 is 15.9 Å². The highest BCUT2D eigenvalue weighted by molar-refractivity contribution is 7.89. The molecule has 6 nitrogen and oxygen atoms in total. The third-order valence-electron chi connectivity index (χ3n) is 1.96. The first-order valence-electron chi connectivity index (χ1n) is 4.45. The summed E-state index contributed by atoms with van der Waals surface area (Å²) in [7, 11) is -2.06. The van der Waals surface area contributed by atoms with Gasteiger partial charge in [0, 0.05) is 19.8 Å². The van der Waals surface area contributed by atoms with Crippen molar-refractivity contribution in [1.29, 1.82) is 0 Å². The van der Waals surface area contributed by atoms with E-state index in [0.29, 0.717) is 0 Å². The molecule has 88 valence electrons. The molecule has 3 N–H and O–H groups in total. The number of amides is 1. The first-order chi connectivity index (χ1) is 7.38. The van der Waals surface area contributed by atoms with Gasteiger partial charge in [-0.15, -0.1) is 6.58 Å². The van der Waals surface area contributed by atoms with E-state index in [1.54, 1.807) is 7.05 Å². The summed E-state index contributed by atoms with van der Waals surface area (Å²) in [5.74, 6) is -0.673. The highest BCUT2D eigenvalue weighted by Crippen LogP contribution is 2.12. The second kappa shape index (κ2) is 4.50. The van der Waals surface area contributed by atoms with Crippen molar-refractivity contribution < 1.29 is 13.2 Å². The maximum absolute atomic E-state index is 11.7. The number of nitrogens with two attached hydrogens (primary N) is 1. The quantitative estimate of drug-likeness (QED) is 0.688. The molecule has 0 aromatic carbocycles. The monoisotopic (exact) mass is 243 g/mol. The number of aromatic nitrogens is 1. The van der Waals surface area contributed by atoms with Crippen LogP contribution in [0.25, 0.3) is 0 Å². The molecule has 0 saturated carbocycles. The molecule has 0 radical (unpaired) electrons. The molecule has 1 amide bonds. The van der Waals surface area contributed by atoms with Gasteiger partial charge in [-0.2, -0.15) is 0 Å². The van der Waals surface area contributed by atoms with Gasteiger partial charge in [0.15, 0.2) is 0 Å². The lowest BCUT2D eigenvalue weighted by atomic mass is 10.4. The van der Waals surface area contributed by atoms with Crippen LogP contribution in [0.15, 0.2) is 29.8 Å². The first-order valence-corrected chi connectivity index (χ1v) is 5.93. The SMILES string of the molecule is C=CCNS(=O)(=O)c1cc(C(N)=O)n(C)c1. The first kappa shape index (κ1) is 12.5. The molecule has 0 spiro atoms. The standard InChI is InChI=1S/C9H13N3O3S/c1-3-4-11-16(14,15)7-5-8(9(10)13)12(2)6-7/h3,5-6,11H,1,4H2,2H3,(H2,10,13). The Kier molecular flexibility index (Phi) is 3.51. The molecule has 1 aromatic heterocycles. The number of hydrogen-bond donors (Lipinski definition) is 2. The van der Waals surface area contributed by atoms with Crippen LogP contribution < -0.4 is 10.5 Å². The van der Waals surface area contributed by atoms with Gasteiger partial charge < -0.3 is 10.3 Å². The summed E-state index contributed by atoms with van der Waals surface area (Å²) in [5, 5.41) is 0. The van der Waals surface area contributed by atoms with E-state index in [2.05, 4.69) is 11.3 Å². The van der Waals surface area contributed by atoms with Gasteiger partial charge in [-0.25, -0.2) is 13.1 Å². The molecule has 0 aliphatic rings. The number of nitrogens with zero attached hydrogens (tertiary/aromatic N) is 1. The molecule has 7 heteroatoms. The van der Waals surface area contributed by atoms with Crippen LogP contribution >= 0.6 is 0 Å². The van der Waals surface area contributed by atoms with Gasteiger partial charge in [-0.05, 0) is 6.07 Å². The van der Waals surface area contributed by atoms with Crippen molar-refractivity contribution in [2.45, 2.75) is 4.90 Å². The van der Waals surface area contributed by atoms with Crippen LogP contribution in [0.1, 0.15) is 10.5 Å². The van der Waals surface area contributed by atoms with Crippen molar-refractivity contribution in [3.05, 3.63) is 30.6 Å². The summed E-state index contributed by atoms with van der Waals surface area (Å²) in [6, 6.07) is 1.23. The average Bonchev–Trinajstić information content (AvgIpc) is 2.58. The Morgan fingerprint density at radius 3 is 2.75 bits per heavy atom. The average molecular weight is 243 g/mol. The van der Waals surface area contributed by atoms with Crippen LogP contribution in [0.5, 0.6) is 0 Å². The molecule has 0 bridgehead atoms. The Hall–Kier alpha value is -1.60. The Bertz CT molecular complexity index is 516. The molecule has 0 aliphatic heterocycles. The van der Waals surface area contributed by atoms with E-state index >= 15 is 0 Å². The van der Waals surface area contributed by atoms with Crippen molar-refractivity contribution in [3.8, 4) is 0 Å². The van der Waals surface area contributed by atoms with Crippen molar-refractivity contribution in [2.75, 3.05) is 6.54 Å². The minimum Gasteiger partial charge on any atom is -0.364 e.